The number of benzene rings is 1. The van der Waals surface area contributed by atoms with E-state index in [0.29, 0.717) is 17.1 Å². The predicted octanol–water partition coefficient (Wildman–Crippen LogP) is 3.90. The highest BCUT2D eigenvalue weighted by molar-refractivity contribution is 7.12. The third-order valence-electron chi connectivity index (χ3n) is 4.27. The molecule has 0 N–H and O–H groups in total. The molecule has 1 aromatic carbocycles. The number of para-hydroxylation sites is 1. The van der Waals surface area contributed by atoms with Gasteiger partial charge in [0, 0.05) is 20.6 Å². The van der Waals surface area contributed by atoms with Crippen molar-refractivity contribution in [2.45, 2.75) is 6.54 Å². The van der Waals surface area contributed by atoms with Crippen LogP contribution in [0.25, 0.3) is 0 Å². The fourth-order valence-electron chi connectivity index (χ4n) is 2.67. The van der Waals surface area contributed by atoms with E-state index < -0.39 is 5.97 Å². The molecule has 3 aromatic rings. The first-order valence-corrected chi connectivity index (χ1v) is 10.6. The van der Waals surface area contributed by atoms with Crippen LogP contribution in [-0.2, 0) is 16.1 Å². The minimum absolute atomic E-state index is 0.216. The average molecular weight is 429 g/mol. The van der Waals surface area contributed by atoms with E-state index in [2.05, 4.69) is 0 Å². The van der Waals surface area contributed by atoms with Gasteiger partial charge in [-0.1, -0.05) is 18.2 Å². The van der Waals surface area contributed by atoms with Crippen LogP contribution < -0.4 is 4.90 Å². The molecule has 6 nitrogen and oxygen atoms in total. The van der Waals surface area contributed by atoms with Gasteiger partial charge < -0.3 is 14.5 Å². The number of amides is 2. The van der Waals surface area contributed by atoms with Gasteiger partial charge in [-0.15, -0.1) is 11.3 Å². The van der Waals surface area contributed by atoms with Crippen LogP contribution in [0.5, 0.6) is 0 Å². The third kappa shape index (κ3) is 5.10. The number of hydrogen-bond donors (Lipinski definition) is 0. The fraction of sp³-hybridized carbons (Fsp3) is 0.190. The van der Waals surface area contributed by atoms with E-state index in [4.69, 9.17) is 4.74 Å². The van der Waals surface area contributed by atoms with E-state index in [-0.39, 0.29) is 24.0 Å². The van der Waals surface area contributed by atoms with Crippen molar-refractivity contribution in [1.29, 1.82) is 0 Å². The number of hydrogen-bond acceptors (Lipinski definition) is 6. The molecule has 0 radical (unpaired) electrons. The van der Waals surface area contributed by atoms with Crippen molar-refractivity contribution in [3.05, 3.63) is 74.6 Å². The zero-order chi connectivity index (χ0) is 20.8. The molecule has 2 amide bonds. The quantitative estimate of drug-likeness (QED) is 0.535. The van der Waals surface area contributed by atoms with E-state index in [1.807, 2.05) is 22.2 Å². The topological polar surface area (TPSA) is 66.9 Å². The number of rotatable bonds is 7. The lowest BCUT2D eigenvalue weighted by Crippen LogP contribution is -2.31. The van der Waals surface area contributed by atoms with Crippen LogP contribution >= 0.6 is 22.7 Å². The Morgan fingerprint density at radius 1 is 1.00 bits per heavy atom. The van der Waals surface area contributed by atoms with E-state index in [1.165, 1.54) is 21.1 Å². The highest BCUT2D eigenvalue weighted by Gasteiger charge is 2.22. The zero-order valence-electron chi connectivity index (χ0n) is 16.0. The Hall–Kier alpha value is -2.97. The molecule has 0 spiro atoms. The molecule has 8 heteroatoms. The summed E-state index contributed by atoms with van der Waals surface area (Å²) in [7, 11) is 3.27. The van der Waals surface area contributed by atoms with Crippen molar-refractivity contribution in [1.82, 2.24) is 4.90 Å². The summed E-state index contributed by atoms with van der Waals surface area (Å²) in [6.45, 7) is 0.0882. The fourth-order valence-corrected chi connectivity index (χ4v) is 4.03. The molecule has 0 atom stereocenters. The van der Waals surface area contributed by atoms with Gasteiger partial charge >= 0.3 is 5.97 Å². The molecular weight excluding hydrogens is 408 g/mol. The third-order valence-corrected chi connectivity index (χ3v) is 5.86. The molecular formula is C21H20N2O4S2. The van der Waals surface area contributed by atoms with Crippen molar-refractivity contribution >= 4 is 46.1 Å². The number of thiophene rings is 2. The second kappa shape index (κ2) is 9.49. The molecule has 150 valence electrons. The predicted molar refractivity (Wildman–Crippen MR) is 115 cm³/mol. The van der Waals surface area contributed by atoms with Crippen LogP contribution in [0.1, 0.15) is 25.6 Å². The maximum absolute atomic E-state index is 12.6. The molecule has 3 rings (SSSR count). The maximum Gasteiger partial charge on any atom is 0.340 e. The normalized spacial score (nSPS) is 10.4. The number of carbonyl (C=O) groups excluding carboxylic acids is 3. The second-order valence-electron chi connectivity index (χ2n) is 6.32. The van der Waals surface area contributed by atoms with Gasteiger partial charge in [0.1, 0.15) is 0 Å². The van der Waals surface area contributed by atoms with Gasteiger partial charge in [0.25, 0.3) is 11.8 Å². The molecule has 0 aliphatic rings. The first-order valence-electron chi connectivity index (χ1n) is 8.80. The van der Waals surface area contributed by atoms with Gasteiger partial charge in [0.15, 0.2) is 6.61 Å². The van der Waals surface area contributed by atoms with E-state index in [1.54, 1.807) is 61.8 Å². The van der Waals surface area contributed by atoms with Crippen LogP contribution in [0.4, 0.5) is 5.69 Å². The summed E-state index contributed by atoms with van der Waals surface area (Å²) >= 11 is 2.89. The highest BCUT2D eigenvalue weighted by atomic mass is 32.1. The lowest BCUT2D eigenvalue weighted by atomic mass is 10.1. The maximum atomic E-state index is 12.6. The van der Waals surface area contributed by atoms with Crippen molar-refractivity contribution in [2.24, 2.45) is 0 Å². The zero-order valence-corrected chi connectivity index (χ0v) is 17.7. The average Bonchev–Trinajstić information content (AvgIpc) is 3.44. The van der Waals surface area contributed by atoms with Crippen molar-refractivity contribution < 1.29 is 19.1 Å². The van der Waals surface area contributed by atoms with Crippen LogP contribution in [-0.4, -0.2) is 43.4 Å². The smallest absolute Gasteiger partial charge is 0.340 e. The highest BCUT2D eigenvalue weighted by Crippen LogP contribution is 2.23. The first-order chi connectivity index (χ1) is 14.0. The van der Waals surface area contributed by atoms with Gasteiger partial charge in [-0.05, 0) is 46.0 Å². The lowest BCUT2D eigenvalue weighted by molar-refractivity contribution is -0.133. The molecule has 0 saturated heterocycles. The summed E-state index contributed by atoms with van der Waals surface area (Å²) < 4.78 is 5.23. The van der Waals surface area contributed by atoms with Gasteiger partial charge in [-0.3, -0.25) is 9.59 Å². The number of esters is 1. The molecule has 0 bridgehead atoms. The first kappa shape index (κ1) is 20.8. The minimum atomic E-state index is -0.649. The van der Waals surface area contributed by atoms with Crippen molar-refractivity contribution in [3.8, 4) is 0 Å². The van der Waals surface area contributed by atoms with Gasteiger partial charge in [0.2, 0.25) is 0 Å². The lowest BCUT2D eigenvalue weighted by Gasteiger charge is -2.20. The Bertz CT molecular complexity index is 984. The number of carbonyl (C=O) groups is 3. The van der Waals surface area contributed by atoms with Gasteiger partial charge in [-0.25, -0.2) is 4.79 Å². The number of likely N-dealkylation sites (N-methyl/N-ethyl adjacent to an activating group) is 1. The molecule has 2 aromatic heterocycles. The summed E-state index contributed by atoms with van der Waals surface area (Å²) in [4.78, 5) is 41.0. The number of nitrogens with zero attached hydrogens (tertiary/aromatic N) is 2. The molecule has 0 unspecified atom stereocenters. The Morgan fingerprint density at radius 2 is 1.79 bits per heavy atom. The number of ether oxygens (including phenoxy) is 1. The monoisotopic (exact) mass is 428 g/mol. The van der Waals surface area contributed by atoms with Crippen LogP contribution in [0.15, 0.2) is 58.6 Å². The summed E-state index contributed by atoms with van der Waals surface area (Å²) in [6.07, 6.45) is 0. The molecule has 0 aliphatic carbocycles. The Morgan fingerprint density at radius 3 is 2.48 bits per heavy atom. The SMILES string of the molecule is CN(Cc1ccsc1)C(=O)COC(=O)c1ccccc1N(C)C(=O)c1cccs1. The summed E-state index contributed by atoms with van der Waals surface area (Å²) in [6, 6.07) is 12.1. The van der Waals surface area contributed by atoms with Crippen LogP contribution in [0.3, 0.4) is 0 Å². The second-order valence-corrected chi connectivity index (χ2v) is 8.04. The van der Waals surface area contributed by atoms with Gasteiger partial charge in [0.05, 0.1) is 16.1 Å². The van der Waals surface area contributed by atoms with Gasteiger partial charge in [-0.2, -0.15) is 11.3 Å². The summed E-state index contributed by atoms with van der Waals surface area (Å²) in [5.41, 5.74) is 1.68. The van der Waals surface area contributed by atoms with Crippen LogP contribution in [0, 0.1) is 0 Å². The molecule has 0 fully saturated rings. The Balaban J connectivity index is 1.65. The summed E-state index contributed by atoms with van der Waals surface area (Å²) in [5, 5.41) is 5.73. The van der Waals surface area contributed by atoms with E-state index in [0.717, 1.165) is 5.56 Å². The molecule has 29 heavy (non-hydrogen) atoms. The molecule has 0 saturated carbocycles. The Kier molecular flexibility index (Phi) is 6.79. The van der Waals surface area contributed by atoms with Crippen LogP contribution in [0.2, 0.25) is 0 Å². The van der Waals surface area contributed by atoms with E-state index in [9.17, 15) is 14.4 Å². The van der Waals surface area contributed by atoms with Crippen molar-refractivity contribution in [2.75, 3.05) is 25.6 Å². The minimum Gasteiger partial charge on any atom is -0.452 e. The summed E-state index contributed by atoms with van der Waals surface area (Å²) in [5.74, 6) is -1.17. The van der Waals surface area contributed by atoms with Crippen molar-refractivity contribution in [3.63, 3.8) is 0 Å². The Labute approximate surface area is 176 Å². The molecule has 0 aliphatic heterocycles. The standard InChI is InChI=1S/C21H20N2O4S2/c1-22(12-15-9-11-28-14-15)19(24)13-27-21(26)16-6-3-4-7-17(16)23(2)20(25)18-8-5-10-29-18/h3-11,14H,12-13H2,1-2H3. The number of anilines is 1. The van der Waals surface area contributed by atoms with E-state index >= 15 is 0 Å². The molecule has 2 heterocycles. The largest absolute Gasteiger partial charge is 0.452 e.